The average molecular weight is 284 g/mol. The smallest absolute Gasteiger partial charge is 0.0726 e. The predicted octanol–water partition coefficient (Wildman–Crippen LogP) is 3.63. The lowest BCUT2D eigenvalue weighted by Crippen LogP contribution is -2.39. The molecule has 2 aromatic rings. The number of pyridine rings is 1. The number of hydrogen-bond donors (Lipinski definition) is 1. The van der Waals surface area contributed by atoms with Crippen LogP contribution in [-0.4, -0.2) is 29.3 Å². The largest absolute Gasteiger partial charge is 0.391 e. The molecule has 3 nitrogen and oxygen atoms in total. The van der Waals surface area contributed by atoms with Gasteiger partial charge in [-0.1, -0.05) is 32.0 Å². The fourth-order valence-electron chi connectivity index (χ4n) is 3.52. The van der Waals surface area contributed by atoms with Crippen molar-refractivity contribution in [3.8, 4) is 0 Å². The van der Waals surface area contributed by atoms with Gasteiger partial charge in [0, 0.05) is 24.2 Å². The molecule has 1 saturated heterocycles. The van der Waals surface area contributed by atoms with Gasteiger partial charge in [-0.15, -0.1) is 0 Å². The Labute approximate surface area is 126 Å². The SMILES string of the molecule is Cc1nc2ccccc2c(N2CCCC(O)C2)c1C(C)C. The normalized spacial score (nSPS) is 19.5. The lowest BCUT2D eigenvalue weighted by atomic mass is 9.94. The zero-order valence-corrected chi connectivity index (χ0v) is 13.1. The van der Waals surface area contributed by atoms with E-state index < -0.39 is 0 Å². The van der Waals surface area contributed by atoms with Crippen molar-refractivity contribution in [2.45, 2.75) is 45.6 Å². The third kappa shape index (κ3) is 2.62. The Morgan fingerprint density at radius 1 is 1.29 bits per heavy atom. The summed E-state index contributed by atoms with van der Waals surface area (Å²) >= 11 is 0. The van der Waals surface area contributed by atoms with Gasteiger partial charge in [-0.3, -0.25) is 4.98 Å². The van der Waals surface area contributed by atoms with Crippen molar-refractivity contribution < 1.29 is 5.11 Å². The first-order chi connectivity index (χ1) is 10.1. The Hall–Kier alpha value is -1.61. The number of fused-ring (bicyclic) bond motifs is 1. The minimum atomic E-state index is -0.217. The number of rotatable bonds is 2. The van der Waals surface area contributed by atoms with Gasteiger partial charge in [0.05, 0.1) is 17.3 Å². The lowest BCUT2D eigenvalue weighted by molar-refractivity contribution is 0.154. The van der Waals surface area contributed by atoms with Crippen molar-refractivity contribution in [3.05, 3.63) is 35.5 Å². The summed E-state index contributed by atoms with van der Waals surface area (Å²) in [5, 5.41) is 11.3. The molecule has 1 atom stereocenters. The number of aliphatic hydroxyl groups is 1. The second-order valence-corrected chi connectivity index (χ2v) is 6.37. The summed E-state index contributed by atoms with van der Waals surface area (Å²) in [5.41, 5.74) is 4.77. The Bertz CT molecular complexity index is 651. The highest BCUT2D eigenvalue weighted by molar-refractivity contribution is 5.94. The summed E-state index contributed by atoms with van der Waals surface area (Å²) in [6.07, 6.45) is 1.75. The number of aromatic nitrogens is 1. The van der Waals surface area contributed by atoms with Crippen molar-refractivity contribution in [1.29, 1.82) is 0 Å². The van der Waals surface area contributed by atoms with Crippen LogP contribution < -0.4 is 4.90 Å². The minimum Gasteiger partial charge on any atom is -0.391 e. The van der Waals surface area contributed by atoms with Crippen LogP contribution in [0.5, 0.6) is 0 Å². The van der Waals surface area contributed by atoms with E-state index in [0.29, 0.717) is 5.92 Å². The van der Waals surface area contributed by atoms with Crippen molar-refractivity contribution in [1.82, 2.24) is 4.98 Å². The predicted molar refractivity (Wildman–Crippen MR) is 88.0 cm³/mol. The molecule has 0 saturated carbocycles. The molecule has 1 aliphatic heterocycles. The Morgan fingerprint density at radius 2 is 2.05 bits per heavy atom. The first kappa shape index (κ1) is 14.3. The molecule has 1 unspecified atom stereocenters. The standard InChI is InChI=1S/C18H24N2O/c1-12(2)17-13(3)19-16-9-5-4-8-15(16)18(17)20-10-6-7-14(21)11-20/h4-5,8-9,12,14,21H,6-7,10-11H2,1-3H3. The van der Waals surface area contributed by atoms with Crippen molar-refractivity contribution in [2.75, 3.05) is 18.0 Å². The molecule has 1 aliphatic rings. The molecule has 0 spiro atoms. The maximum absolute atomic E-state index is 10.1. The topological polar surface area (TPSA) is 36.4 Å². The summed E-state index contributed by atoms with van der Waals surface area (Å²) < 4.78 is 0. The van der Waals surface area contributed by atoms with Gasteiger partial charge in [-0.25, -0.2) is 0 Å². The molecule has 21 heavy (non-hydrogen) atoms. The van der Waals surface area contributed by atoms with E-state index in [-0.39, 0.29) is 6.10 Å². The minimum absolute atomic E-state index is 0.217. The van der Waals surface area contributed by atoms with Gasteiger partial charge in [0.25, 0.3) is 0 Å². The summed E-state index contributed by atoms with van der Waals surface area (Å²) in [6.45, 7) is 8.30. The number of benzene rings is 1. The number of hydrogen-bond acceptors (Lipinski definition) is 3. The van der Waals surface area contributed by atoms with Gasteiger partial charge >= 0.3 is 0 Å². The maximum atomic E-state index is 10.1. The highest BCUT2D eigenvalue weighted by Crippen LogP contribution is 2.37. The van der Waals surface area contributed by atoms with Gasteiger partial charge < -0.3 is 10.0 Å². The maximum Gasteiger partial charge on any atom is 0.0726 e. The highest BCUT2D eigenvalue weighted by Gasteiger charge is 2.24. The van der Waals surface area contributed by atoms with Crippen LogP contribution in [0.3, 0.4) is 0 Å². The molecular formula is C18H24N2O. The van der Waals surface area contributed by atoms with E-state index in [1.165, 1.54) is 16.6 Å². The lowest BCUT2D eigenvalue weighted by Gasteiger charge is -2.35. The molecule has 2 heterocycles. The van der Waals surface area contributed by atoms with Crippen LogP contribution in [0.4, 0.5) is 5.69 Å². The fourth-order valence-corrected chi connectivity index (χ4v) is 3.52. The first-order valence-electron chi connectivity index (χ1n) is 7.90. The zero-order chi connectivity index (χ0) is 15.0. The van der Waals surface area contributed by atoms with Gasteiger partial charge in [0.2, 0.25) is 0 Å². The van der Waals surface area contributed by atoms with E-state index in [0.717, 1.165) is 37.1 Å². The van der Waals surface area contributed by atoms with E-state index in [4.69, 9.17) is 4.98 Å². The number of anilines is 1. The van der Waals surface area contributed by atoms with Crippen LogP contribution in [0, 0.1) is 6.92 Å². The van der Waals surface area contributed by atoms with Gasteiger partial charge in [0.1, 0.15) is 0 Å². The van der Waals surface area contributed by atoms with Crippen LogP contribution in [0.15, 0.2) is 24.3 Å². The van der Waals surface area contributed by atoms with Crippen LogP contribution in [0.25, 0.3) is 10.9 Å². The third-order valence-electron chi connectivity index (χ3n) is 4.38. The molecule has 3 heteroatoms. The second-order valence-electron chi connectivity index (χ2n) is 6.37. The number of nitrogens with zero attached hydrogens (tertiary/aromatic N) is 2. The van der Waals surface area contributed by atoms with E-state index in [1.54, 1.807) is 0 Å². The van der Waals surface area contributed by atoms with Crippen molar-refractivity contribution in [3.63, 3.8) is 0 Å². The Morgan fingerprint density at radius 3 is 2.76 bits per heavy atom. The molecular weight excluding hydrogens is 260 g/mol. The molecule has 1 aromatic heterocycles. The van der Waals surface area contributed by atoms with Crippen LogP contribution in [0.1, 0.15) is 43.9 Å². The number of piperidine rings is 1. The van der Waals surface area contributed by atoms with Crippen molar-refractivity contribution in [2.24, 2.45) is 0 Å². The summed E-state index contributed by atoms with van der Waals surface area (Å²) in [7, 11) is 0. The number of aryl methyl sites for hydroxylation is 1. The van der Waals surface area contributed by atoms with E-state index in [9.17, 15) is 5.11 Å². The van der Waals surface area contributed by atoms with Gasteiger partial charge in [-0.2, -0.15) is 0 Å². The van der Waals surface area contributed by atoms with Gasteiger partial charge in [0.15, 0.2) is 0 Å². The van der Waals surface area contributed by atoms with Gasteiger partial charge in [-0.05, 0) is 37.3 Å². The van der Waals surface area contributed by atoms with Crippen molar-refractivity contribution >= 4 is 16.6 Å². The van der Waals surface area contributed by atoms with E-state index in [2.05, 4.69) is 43.9 Å². The molecule has 0 aliphatic carbocycles. The van der Waals surface area contributed by atoms with Crippen LogP contribution in [0.2, 0.25) is 0 Å². The van der Waals surface area contributed by atoms with Crippen LogP contribution in [-0.2, 0) is 0 Å². The summed E-state index contributed by atoms with van der Waals surface area (Å²) in [6, 6.07) is 8.35. The first-order valence-corrected chi connectivity index (χ1v) is 7.90. The Kier molecular flexibility index (Phi) is 3.85. The fraction of sp³-hybridized carbons (Fsp3) is 0.500. The molecule has 0 amide bonds. The Balaban J connectivity index is 2.23. The molecule has 1 aromatic carbocycles. The molecule has 112 valence electrons. The quantitative estimate of drug-likeness (QED) is 0.915. The monoisotopic (exact) mass is 284 g/mol. The van der Waals surface area contributed by atoms with E-state index in [1.807, 2.05) is 6.07 Å². The molecule has 3 rings (SSSR count). The molecule has 0 bridgehead atoms. The van der Waals surface area contributed by atoms with E-state index >= 15 is 0 Å². The number of aliphatic hydroxyl groups excluding tert-OH is 1. The highest BCUT2D eigenvalue weighted by atomic mass is 16.3. The summed E-state index contributed by atoms with van der Waals surface area (Å²) in [5.74, 6) is 0.427. The number of β-amino-alcohol motifs (C(OH)–C–C–N with tert-alkyl or cyclic N) is 1. The summed E-state index contributed by atoms with van der Waals surface area (Å²) in [4.78, 5) is 7.14. The number of para-hydroxylation sites is 1. The molecule has 1 N–H and O–H groups in total. The average Bonchev–Trinajstić information content (AvgIpc) is 2.45. The molecule has 1 fully saturated rings. The third-order valence-corrected chi connectivity index (χ3v) is 4.38. The zero-order valence-electron chi connectivity index (χ0n) is 13.1. The molecule has 0 radical (unpaired) electrons. The van der Waals surface area contributed by atoms with Crippen LogP contribution >= 0.6 is 0 Å². The second kappa shape index (κ2) is 5.64.